The van der Waals surface area contributed by atoms with Gasteiger partial charge in [-0.15, -0.1) is 11.3 Å². The van der Waals surface area contributed by atoms with E-state index in [4.69, 9.17) is 4.74 Å². The number of rotatable bonds is 9. The van der Waals surface area contributed by atoms with Gasteiger partial charge in [0.05, 0.1) is 12.1 Å². The lowest BCUT2D eigenvalue weighted by atomic mass is 9.99. The lowest BCUT2D eigenvalue weighted by Gasteiger charge is -2.19. The van der Waals surface area contributed by atoms with E-state index in [-0.39, 0.29) is 18.2 Å². The van der Waals surface area contributed by atoms with Gasteiger partial charge in [-0.05, 0) is 25.0 Å². The molecule has 0 aliphatic carbocycles. The van der Waals surface area contributed by atoms with Gasteiger partial charge in [0.2, 0.25) is 5.91 Å². The van der Waals surface area contributed by atoms with Gasteiger partial charge in [0.15, 0.2) is 0 Å². The van der Waals surface area contributed by atoms with E-state index in [1.54, 1.807) is 5.38 Å². The van der Waals surface area contributed by atoms with Crippen LogP contribution in [0.3, 0.4) is 0 Å². The number of carbonyl (C=O) groups is 2. The second kappa shape index (κ2) is 9.33. The molecule has 26 heavy (non-hydrogen) atoms. The van der Waals surface area contributed by atoms with Crippen molar-refractivity contribution in [3.63, 3.8) is 0 Å². The van der Waals surface area contributed by atoms with Crippen molar-refractivity contribution >= 4 is 23.2 Å². The summed E-state index contributed by atoms with van der Waals surface area (Å²) in [7, 11) is 0. The highest BCUT2D eigenvalue weighted by molar-refractivity contribution is 7.09. The Bertz CT molecular complexity index is 742. The van der Waals surface area contributed by atoms with Crippen molar-refractivity contribution in [1.82, 2.24) is 10.3 Å². The van der Waals surface area contributed by atoms with Crippen molar-refractivity contribution in [2.75, 3.05) is 0 Å². The van der Waals surface area contributed by atoms with Crippen LogP contribution < -0.4 is 10.1 Å². The summed E-state index contributed by atoms with van der Waals surface area (Å²) in [6.45, 7) is 6.05. The maximum absolute atomic E-state index is 12.1. The number of carboxylic acids is 1. The van der Waals surface area contributed by atoms with Gasteiger partial charge < -0.3 is 15.2 Å². The van der Waals surface area contributed by atoms with Gasteiger partial charge in [-0.2, -0.15) is 0 Å². The van der Waals surface area contributed by atoms with E-state index >= 15 is 0 Å². The van der Waals surface area contributed by atoms with E-state index < -0.39 is 12.0 Å². The molecular weight excluding hydrogens is 352 g/mol. The highest BCUT2D eigenvalue weighted by Crippen LogP contribution is 2.16. The van der Waals surface area contributed by atoms with E-state index in [1.807, 2.05) is 45.0 Å². The molecule has 0 saturated heterocycles. The first-order chi connectivity index (χ1) is 12.4. The molecule has 140 valence electrons. The van der Waals surface area contributed by atoms with Crippen LogP contribution in [0.1, 0.15) is 36.5 Å². The van der Waals surface area contributed by atoms with Crippen molar-refractivity contribution in [2.24, 2.45) is 5.92 Å². The Morgan fingerprint density at radius 1 is 1.31 bits per heavy atom. The van der Waals surface area contributed by atoms with Crippen LogP contribution in [-0.4, -0.2) is 28.0 Å². The molecule has 0 aliphatic heterocycles. The number of ether oxygens (including phenoxy) is 1. The number of nitrogens with one attached hydrogen (secondary N) is 1. The minimum Gasteiger partial charge on any atom is -0.486 e. The number of thiazole rings is 1. The normalized spacial score (nSPS) is 13.0. The molecule has 0 bridgehead atoms. The van der Waals surface area contributed by atoms with Crippen molar-refractivity contribution in [3.05, 3.63) is 45.9 Å². The van der Waals surface area contributed by atoms with E-state index in [1.165, 1.54) is 11.3 Å². The summed E-state index contributed by atoms with van der Waals surface area (Å²) >= 11 is 1.42. The van der Waals surface area contributed by atoms with Crippen LogP contribution in [0, 0.1) is 12.8 Å². The number of aromatic nitrogens is 1. The molecule has 1 aromatic heterocycles. The number of carboxylic acid groups (broad SMARTS) is 1. The molecular formula is C19H24N2O4S. The molecule has 0 saturated carbocycles. The van der Waals surface area contributed by atoms with Crippen LogP contribution in [-0.2, 0) is 22.6 Å². The Kier molecular flexibility index (Phi) is 7.15. The number of aliphatic carboxylic acids is 1. The van der Waals surface area contributed by atoms with Crippen LogP contribution in [0.25, 0.3) is 0 Å². The third kappa shape index (κ3) is 5.84. The molecule has 1 heterocycles. The molecule has 2 aromatic rings. The minimum atomic E-state index is -1.02. The van der Waals surface area contributed by atoms with Gasteiger partial charge in [0.25, 0.3) is 0 Å². The summed E-state index contributed by atoms with van der Waals surface area (Å²) in [5.41, 5.74) is 1.78. The summed E-state index contributed by atoms with van der Waals surface area (Å²) in [6, 6.07) is 6.87. The molecule has 1 amide bonds. The second-order valence-electron chi connectivity index (χ2n) is 6.28. The monoisotopic (exact) mass is 376 g/mol. The molecule has 2 N–H and O–H groups in total. The quantitative estimate of drug-likeness (QED) is 0.702. The fourth-order valence-corrected chi connectivity index (χ4v) is 3.05. The van der Waals surface area contributed by atoms with Gasteiger partial charge in [0.1, 0.15) is 23.4 Å². The van der Waals surface area contributed by atoms with Crippen LogP contribution in [0.5, 0.6) is 5.75 Å². The average Bonchev–Trinajstić information content (AvgIpc) is 3.05. The fourth-order valence-electron chi connectivity index (χ4n) is 2.35. The number of hydrogen-bond acceptors (Lipinski definition) is 5. The molecule has 0 fully saturated rings. The molecule has 7 heteroatoms. The number of carbonyl (C=O) groups excluding carboxylic acids is 1. The van der Waals surface area contributed by atoms with E-state index in [0.717, 1.165) is 16.3 Å². The number of aryl methyl sites for hydroxylation is 1. The Morgan fingerprint density at radius 2 is 2.00 bits per heavy atom. The fraction of sp³-hybridized carbons (Fsp3) is 0.421. The van der Waals surface area contributed by atoms with Crippen molar-refractivity contribution in [2.45, 2.75) is 46.3 Å². The van der Waals surface area contributed by atoms with Crippen LogP contribution in [0.4, 0.5) is 0 Å². The standard InChI is InChI=1S/C19H24N2O4S/c1-4-13(3)18(19(23)24)21-16(22)9-14-11-26-17(20-14)10-25-15-7-5-12(2)6-8-15/h5-8,11,13,18H,4,9-10H2,1-3H3,(H,21,22)(H,23,24). The van der Waals surface area contributed by atoms with Gasteiger partial charge in [-0.25, -0.2) is 9.78 Å². The van der Waals surface area contributed by atoms with E-state index in [9.17, 15) is 14.7 Å². The van der Waals surface area contributed by atoms with Gasteiger partial charge in [0, 0.05) is 5.38 Å². The maximum atomic E-state index is 12.1. The van der Waals surface area contributed by atoms with E-state index in [0.29, 0.717) is 18.7 Å². The number of benzene rings is 1. The van der Waals surface area contributed by atoms with Gasteiger partial charge in [-0.3, -0.25) is 4.79 Å². The summed E-state index contributed by atoms with van der Waals surface area (Å²) in [6.07, 6.45) is 0.732. The zero-order chi connectivity index (χ0) is 19.1. The number of hydrogen-bond donors (Lipinski definition) is 2. The Balaban J connectivity index is 1.87. The summed E-state index contributed by atoms with van der Waals surface area (Å²) < 4.78 is 5.68. The second-order valence-corrected chi connectivity index (χ2v) is 7.22. The van der Waals surface area contributed by atoms with Crippen LogP contribution >= 0.6 is 11.3 Å². The summed E-state index contributed by atoms with van der Waals surface area (Å²) in [5, 5.41) is 14.4. The van der Waals surface area contributed by atoms with Gasteiger partial charge >= 0.3 is 5.97 Å². The SMILES string of the molecule is CCC(C)C(NC(=O)Cc1csc(COc2ccc(C)cc2)n1)C(=O)O. The Hall–Kier alpha value is -2.41. The first-order valence-corrected chi connectivity index (χ1v) is 9.42. The summed E-state index contributed by atoms with van der Waals surface area (Å²) in [4.78, 5) is 27.8. The van der Waals surface area contributed by atoms with Crippen LogP contribution in [0.2, 0.25) is 0 Å². The maximum Gasteiger partial charge on any atom is 0.326 e. The molecule has 2 rings (SSSR count). The van der Waals surface area contributed by atoms with Crippen LogP contribution in [0.15, 0.2) is 29.6 Å². The first kappa shape index (κ1) is 19.9. The molecule has 0 aliphatic rings. The molecule has 6 nitrogen and oxygen atoms in total. The third-order valence-corrected chi connectivity index (χ3v) is 4.99. The zero-order valence-electron chi connectivity index (χ0n) is 15.2. The number of amides is 1. The highest BCUT2D eigenvalue weighted by Gasteiger charge is 2.25. The molecule has 1 aromatic carbocycles. The summed E-state index contributed by atoms with van der Waals surface area (Å²) in [5.74, 6) is -0.722. The van der Waals surface area contributed by atoms with Crippen molar-refractivity contribution in [1.29, 1.82) is 0 Å². The Labute approximate surface area is 157 Å². The first-order valence-electron chi connectivity index (χ1n) is 8.54. The molecule has 2 atom stereocenters. The molecule has 0 radical (unpaired) electrons. The lowest BCUT2D eigenvalue weighted by molar-refractivity contribution is -0.143. The van der Waals surface area contributed by atoms with Crippen molar-refractivity contribution in [3.8, 4) is 5.75 Å². The third-order valence-electron chi connectivity index (χ3n) is 4.12. The van der Waals surface area contributed by atoms with Gasteiger partial charge in [-0.1, -0.05) is 38.0 Å². The average molecular weight is 376 g/mol. The van der Waals surface area contributed by atoms with E-state index in [2.05, 4.69) is 10.3 Å². The zero-order valence-corrected chi connectivity index (χ0v) is 16.0. The minimum absolute atomic E-state index is 0.0568. The Morgan fingerprint density at radius 3 is 2.62 bits per heavy atom. The predicted octanol–water partition coefficient (Wildman–Crippen LogP) is 3.19. The largest absolute Gasteiger partial charge is 0.486 e. The highest BCUT2D eigenvalue weighted by atomic mass is 32.1. The lowest BCUT2D eigenvalue weighted by Crippen LogP contribution is -2.45. The molecule has 2 unspecified atom stereocenters. The predicted molar refractivity (Wildman–Crippen MR) is 100 cm³/mol. The smallest absolute Gasteiger partial charge is 0.326 e. The topological polar surface area (TPSA) is 88.5 Å². The van der Waals surface area contributed by atoms with Crippen molar-refractivity contribution < 1.29 is 19.4 Å². The number of nitrogens with zero attached hydrogens (tertiary/aromatic N) is 1. The molecule has 0 spiro atoms.